The summed E-state index contributed by atoms with van der Waals surface area (Å²) < 4.78 is 22.3. The first-order valence-electron chi connectivity index (χ1n) is 8.73. The Hall–Kier alpha value is -1.64. The molecule has 0 saturated carbocycles. The Bertz CT molecular complexity index is 722. The topological polar surface area (TPSA) is 95.7 Å². The summed E-state index contributed by atoms with van der Waals surface area (Å²) in [7, 11) is -3.48. The third kappa shape index (κ3) is 5.17. The summed E-state index contributed by atoms with van der Waals surface area (Å²) in [6.45, 7) is 4.38. The summed E-state index contributed by atoms with van der Waals surface area (Å²) in [6.07, 6.45) is 1.73. The Morgan fingerprint density at radius 1 is 1.24 bits per heavy atom. The first-order chi connectivity index (χ1) is 11.9. The highest BCUT2D eigenvalue weighted by Gasteiger charge is 2.28. The molecule has 8 heteroatoms. The molecule has 138 valence electrons. The molecule has 1 aromatic carbocycles. The average Bonchev–Trinajstić information content (AvgIpc) is 3.01. The fraction of sp³-hybridized carbons (Fsp3) is 0.588. The number of nitrogens with zero attached hydrogens (tertiary/aromatic N) is 2. The lowest BCUT2D eigenvalue weighted by atomic mass is 10.00. The highest BCUT2D eigenvalue weighted by atomic mass is 32.2. The maximum Gasteiger partial charge on any atom is 0.317 e. The Labute approximate surface area is 149 Å². The number of fused-ring (bicyclic) bond motifs is 1. The number of nitrogens with one attached hydrogen (secondary N) is 1. The van der Waals surface area contributed by atoms with Gasteiger partial charge in [-0.1, -0.05) is 24.3 Å². The van der Waals surface area contributed by atoms with E-state index in [2.05, 4.69) is 34.5 Å². The van der Waals surface area contributed by atoms with E-state index in [0.29, 0.717) is 26.1 Å². The van der Waals surface area contributed by atoms with E-state index in [4.69, 9.17) is 5.14 Å². The van der Waals surface area contributed by atoms with Crippen molar-refractivity contribution in [1.29, 1.82) is 0 Å². The minimum atomic E-state index is -3.48. The summed E-state index contributed by atoms with van der Waals surface area (Å²) in [4.78, 5) is 16.2. The van der Waals surface area contributed by atoms with Gasteiger partial charge >= 0.3 is 6.03 Å². The molecule has 0 radical (unpaired) electrons. The molecule has 0 spiro atoms. The van der Waals surface area contributed by atoms with E-state index in [-0.39, 0.29) is 17.7 Å². The van der Waals surface area contributed by atoms with Crippen molar-refractivity contribution < 1.29 is 13.2 Å². The van der Waals surface area contributed by atoms with Gasteiger partial charge < -0.3 is 10.2 Å². The number of sulfonamides is 1. The second kappa shape index (κ2) is 7.72. The molecule has 1 aromatic rings. The van der Waals surface area contributed by atoms with E-state index in [1.54, 1.807) is 4.90 Å². The summed E-state index contributed by atoms with van der Waals surface area (Å²) in [5.74, 6) is -0.108. The second-order valence-corrected chi connectivity index (χ2v) is 8.62. The summed E-state index contributed by atoms with van der Waals surface area (Å²) in [5.41, 5.74) is 2.78. The maximum absolute atomic E-state index is 12.2. The largest absolute Gasteiger partial charge is 0.337 e. The lowest BCUT2D eigenvalue weighted by Crippen LogP contribution is -2.43. The molecule has 7 nitrogen and oxygen atoms in total. The van der Waals surface area contributed by atoms with Crippen LogP contribution in [-0.2, 0) is 23.0 Å². The summed E-state index contributed by atoms with van der Waals surface area (Å²) >= 11 is 0. The van der Waals surface area contributed by atoms with Crippen molar-refractivity contribution in [3.8, 4) is 0 Å². The molecular weight excluding hydrogens is 340 g/mol. The van der Waals surface area contributed by atoms with Gasteiger partial charge in [-0.25, -0.2) is 18.4 Å². The fourth-order valence-electron chi connectivity index (χ4n) is 3.66. The third-order valence-electron chi connectivity index (χ3n) is 4.96. The van der Waals surface area contributed by atoms with Gasteiger partial charge in [-0.05, 0) is 29.9 Å². The molecule has 1 atom stereocenters. The highest BCUT2D eigenvalue weighted by Crippen LogP contribution is 2.18. The molecule has 2 aliphatic rings. The predicted octanol–water partition coefficient (Wildman–Crippen LogP) is 0.365. The van der Waals surface area contributed by atoms with Gasteiger partial charge in [-0.2, -0.15) is 0 Å². The lowest BCUT2D eigenvalue weighted by Gasteiger charge is -2.29. The van der Waals surface area contributed by atoms with Crippen LogP contribution in [0.3, 0.4) is 0 Å². The van der Waals surface area contributed by atoms with Crippen molar-refractivity contribution in [3.05, 3.63) is 35.4 Å². The van der Waals surface area contributed by atoms with E-state index in [1.165, 1.54) is 11.1 Å². The third-order valence-corrected chi connectivity index (χ3v) is 5.89. The van der Waals surface area contributed by atoms with Crippen molar-refractivity contribution in [2.24, 2.45) is 11.1 Å². The van der Waals surface area contributed by atoms with Gasteiger partial charge in [0, 0.05) is 39.3 Å². The van der Waals surface area contributed by atoms with Gasteiger partial charge in [0.2, 0.25) is 10.0 Å². The molecule has 2 heterocycles. The number of amides is 2. The van der Waals surface area contributed by atoms with Crippen LogP contribution in [0, 0.1) is 5.92 Å². The molecule has 0 aliphatic carbocycles. The number of carbonyl (C=O) groups excluding carboxylic acids is 1. The van der Waals surface area contributed by atoms with Crippen molar-refractivity contribution in [2.75, 3.05) is 38.5 Å². The smallest absolute Gasteiger partial charge is 0.317 e. The van der Waals surface area contributed by atoms with Crippen molar-refractivity contribution in [2.45, 2.75) is 19.4 Å². The van der Waals surface area contributed by atoms with E-state index in [9.17, 15) is 13.2 Å². The molecule has 0 bridgehead atoms. The maximum atomic E-state index is 12.2. The molecule has 1 fully saturated rings. The minimum Gasteiger partial charge on any atom is -0.337 e. The van der Waals surface area contributed by atoms with Gasteiger partial charge in [0.05, 0.1) is 5.75 Å². The summed E-state index contributed by atoms with van der Waals surface area (Å²) in [6, 6.07) is 8.37. The van der Waals surface area contributed by atoms with Crippen molar-refractivity contribution >= 4 is 16.1 Å². The molecule has 1 saturated heterocycles. The predicted molar refractivity (Wildman–Crippen MR) is 96.5 cm³/mol. The average molecular weight is 366 g/mol. The lowest BCUT2D eigenvalue weighted by molar-refractivity contribution is 0.202. The zero-order chi connectivity index (χ0) is 17.9. The van der Waals surface area contributed by atoms with Crippen LogP contribution in [0.1, 0.15) is 17.5 Å². The van der Waals surface area contributed by atoms with Gasteiger partial charge in [0.15, 0.2) is 0 Å². The molecule has 3 N–H and O–H groups in total. The Balaban J connectivity index is 1.39. The van der Waals surface area contributed by atoms with E-state index >= 15 is 0 Å². The Morgan fingerprint density at radius 3 is 2.76 bits per heavy atom. The summed E-state index contributed by atoms with van der Waals surface area (Å²) in [5, 5.41) is 8.03. The number of rotatable bonds is 5. The number of nitrogens with two attached hydrogens (primary N) is 1. The van der Waals surface area contributed by atoms with Gasteiger partial charge in [0.1, 0.15) is 0 Å². The van der Waals surface area contributed by atoms with E-state index < -0.39 is 10.0 Å². The zero-order valence-electron chi connectivity index (χ0n) is 14.4. The fourth-order valence-corrected chi connectivity index (χ4v) is 4.59. The number of hydrogen-bond acceptors (Lipinski definition) is 4. The zero-order valence-corrected chi connectivity index (χ0v) is 15.2. The SMILES string of the molecule is NS(=O)(=O)C[C@H]1CCN(C(=O)NCCN2CCc3ccccc3C2)C1. The Kier molecular flexibility index (Phi) is 5.61. The normalized spacial score (nSPS) is 21.2. The number of primary sulfonamides is 1. The van der Waals surface area contributed by atoms with Crippen LogP contribution in [0.5, 0.6) is 0 Å². The first kappa shape index (κ1) is 18.2. The molecule has 0 unspecified atom stereocenters. The highest BCUT2D eigenvalue weighted by molar-refractivity contribution is 7.89. The minimum absolute atomic E-state index is 0.0516. The van der Waals surface area contributed by atoms with Crippen LogP contribution < -0.4 is 10.5 Å². The molecule has 3 rings (SSSR count). The van der Waals surface area contributed by atoms with Crippen LogP contribution in [-0.4, -0.2) is 62.7 Å². The standard InChI is InChI=1S/C17H26N4O3S/c18-25(23,24)13-14-5-9-21(11-14)17(22)19-7-10-20-8-6-15-3-1-2-4-16(15)12-20/h1-4,14H,5-13H2,(H,19,22)(H2,18,23,24)/t14-/m0/s1. The van der Waals surface area contributed by atoms with Crippen LogP contribution in [0.25, 0.3) is 0 Å². The van der Waals surface area contributed by atoms with Crippen LogP contribution in [0.4, 0.5) is 4.79 Å². The van der Waals surface area contributed by atoms with E-state index in [1.807, 2.05) is 0 Å². The quantitative estimate of drug-likeness (QED) is 0.787. The number of likely N-dealkylation sites (tertiary alicyclic amines) is 1. The number of benzene rings is 1. The first-order valence-corrected chi connectivity index (χ1v) is 10.4. The molecule has 0 aromatic heterocycles. The van der Waals surface area contributed by atoms with Gasteiger partial charge in [-0.15, -0.1) is 0 Å². The van der Waals surface area contributed by atoms with Crippen LogP contribution in [0.15, 0.2) is 24.3 Å². The molecule has 2 amide bonds. The number of hydrogen-bond donors (Lipinski definition) is 2. The van der Waals surface area contributed by atoms with Gasteiger partial charge in [-0.3, -0.25) is 4.90 Å². The van der Waals surface area contributed by atoms with Crippen LogP contribution in [0.2, 0.25) is 0 Å². The van der Waals surface area contributed by atoms with Gasteiger partial charge in [0.25, 0.3) is 0 Å². The number of urea groups is 1. The Morgan fingerprint density at radius 2 is 2.00 bits per heavy atom. The second-order valence-electron chi connectivity index (χ2n) is 6.96. The van der Waals surface area contributed by atoms with Crippen molar-refractivity contribution in [1.82, 2.24) is 15.1 Å². The van der Waals surface area contributed by atoms with E-state index in [0.717, 1.165) is 26.1 Å². The van der Waals surface area contributed by atoms with Crippen LogP contribution >= 0.6 is 0 Å². The molecule has 25 heavy (non-hydrogen) atoms. The monoisotopic (exact) mass is 366 g/mol. The molecule has 2 aliphatic heterocycles. The molecular formula is C17H26N4O3S. The number of carbonyl (C=O) groups is 1. The van der Waals surface area contributed by atoms with Crippen molar-refractivity contribution in [3.63, 3.8) is 0 Å².